The molecule has 3 nitrogen and oxygen atoms in total. The van der Waals surface area contributed by atoms with Crippen molar-refractivity contribution in [1.82, 2.24) is 14.8 Å². The summed E-state index contributed by atoms with van der Waals surface area (Å²) in [4.78, 5) is 0. The quantitative estimate of drug-likeness (QED) is 0.709. The van der Waals surface area contributed by atoms with Crippen LogP contribution in [0.2, 0.25) is 0 Å². The number of benzene rings is 2. The minimum Gasteiger partial charge on any atom is -0.307 e. The average molecular weight is 249 g/mol. The third-order valence-corrected chi connectivity index (χ3v) is 3.13. The predicted molar refractivity (Wildman–Crippen MR) is 76.6 cm³/mol. The summed E-state index contributed by atoms with van der Waals surface area (Å²) in [6.45, 7) is 2.96. The van der Waals surface area contributed by atoms with Gasteiger partial charge < -0.3 is 4.57 Å². The Kier molecular flexibility index (Phi) is 3.11. The van der Waals surface area contributed by atoms with Crippen LogP contribution >= 0.6 is 0 Å². The molecule has 0 radical (unpaired) electrons. The van der Waals surface area contributed by atoms with E-state index in [1.54, 1.807) is 0 Å². The molecule has 0 atom stereocenters. The molecule has 0 saturated carbocycles. The first-order valence-electron chi connectivity index (χ1n) is 6.44. The SMILES string of the molecule is CCn1c(-c2ccccc2)nnc1-c1ccccc1. The summed E-state index contributed by atoms with van der Waals surface area (Å²) < 4.78 is 2.14. The monoisotopic (exact) mass is 249 g/mol. The zero-order valence-electron chi connectivity index (χ0n) is 10.8. The Balaban J connectivity index is 2.13. The van der Waals surface area contributed by atoms with E-state index in [9.17, 15) is 0 Å². The fourth-order valence-electron chi connectivity index (χ4n) is 2.20. The summed E-state index contributed by atoms with van der Waals surface area (Å²) >= 11 is 0. The fraction of sp³-hybridized carbons (Fsp3) is 0.125. The number of rotatable bonds is 3. The van der Waals surface area contributed by atoms with E-state index in [1.807, 2.05) is 36.4 Å². The first-order valence-corrected chi connectivity index (χ1v) is 6.44. The van der Waals surface area contributed by atoms with Gasteiger partial charge in [0, 0.05) is 17.7 Å². The third kappa shape index (κ3) is 2.15. The summed E-state index contributed by atoms with van der Waals surface area (Å²) in [5, 5.41) is 8.69. The lowest BCUT2D eigenvalue weighted by Gasteiger charge is -2.07. The van der Waals surface area contributed by atoms with E-state index in [-0.39, 0.29) is 0 Å². The molecule has 0 saturated heterocycles. The van der Waals surface area contributed by atoms with Gasteiger partial charge in [-0.1, -0.05) is 60.7 Å². The average Bonchev–Trinajstić information content (AvgIpc) is 2.93. The fourth-order valence-corrected chi connectivity index (χ4v) is 2.20. The van der Waals surface area contributed by atoms with E-state index >= 15 is 0 Å². The molecule has 3 rings (SSSR count). The van der Waals surface area contributed by atoms with E-state index in [2.05, 4.69) is 46.0 Å². The van der Waals surface area contributed by atoms with Gasteiger partial charge in [0.1, 0.15) is 0 Å². The van der Waals surface area contributed by atoms with Crippen LogP contribution in [0.15, 0.2) is 60.7 Å². The molecule has 1 heterocycles. The van der Waals surface area contributed by atoms with Gasteiger partial charge >= 0.3 is 0 Å². The first-order chi connectivity index (χ1) is 9.40. The minimum atomic E-state index is 0.849. The molecule has 0 unspecified atom stereocenters. The normalized spacial score (nSPS) is 10.6. The summed E-state index contributed by atoms with van der Waals surface area (Å²) in [6, 6.07) is 20.3. The van der Waals surface area contributed by atoms with Crippen molar-refractivity contribution in [3.05, 3.63) is 60.7 Å². The Morgan fingerprint density at radius 3 is 1.53 bits per heavy atom. The lowest BCUT2D eigenvalue weighted by molar-refractivity contribution is 0.775. The van der Waals surface area contributed by atoms with E-state index in [0.717, 1.165) is 29.3 Å². The Bertz CT molecular complexity index is 600. The molecule has 0 aliphatic heterocycles. The third-order valence-electron chi connectivity index (χ3n) is 3.13. The van der Waals surface area contributed by atoms with Crippen molar-refractivity contribution >= 4 is 0 Å². The van der Waals surface area contributed by atoms with Crippen LogP contribution in [0.1, 0.15) is 6.92 Å². The molecule has 0 amide bonds. The first kappa shape index (κ1) is 11.7. The van der Waals surface area contributed by atoms with Crippen LogP contribution < -0.4 is 0 Å². The Morgan fingerprint density at radius 1 is 0.737 bits per heavy atom. The van der Waals surface area contributed by atoms with Crippen molar-refractivity contribution in [2.45, 2.75) is 13.5 Å². The van der Waals surface area contributed by atoms with Crippen LogP contribution in [0.5, 0.6) is 0 Å². The maximum absolute atomic E-state index is 4.35. The zero-order chi connectivity index (χ0) is 13.1. The Morgan fingerprint density at radius 2 is 1.16 bits per heavy atom. The molecule has 0 aliphatic carbocycles. The molecule has 94 valence electrons. The number of hydrogen-bond acceptors (Lipinski definition) is 2. The number of nitrogens with zero attached hydrogens (tertiary/aromatic N) is 3. The second-order valence-corrected chi connectivity index (χ2v) is 4.32. The van der Waals surface area contributed by atoms with Crippen molar-refractivity contribution in [2.24, 2.45) is 0 Å². The van der Waals surface area contributed by atoms with Crippen LogP contribution in [-0.2, 0) is 6.54 Å². The molecule has 0 fully saturated rings. The molecule has 3 aromatic rings. The molecule has 0 spiro atoms. The summed E-state index contributed by atoms with van der Waals surface area (Å²) in [7, 11) is 0. The second-order valence-electron chi connectivity index (χ2n) is 4.32. The van der Waals surface area contributed by atoms with Crippen LogP contribution in [-0.4, -0.2) is 14.8 Å². The zero-order valence-corrected chi connectivity index (χ0v) is 10.8. The van der Waals surface area contributed by atoms with Gasteiger partial charge in [-0.25, -0.2) is 0 Å². The van der Waals surface area contributed by atoms with Crippen LogP contribution in [0.3, 0.4) is 0 Å². The molecule has 0 bridgehead atoms. The van der Waals surface area contributed by atoms with Crippen molar-refractivity contribution in [3.8, 4) is 22.8 Å². The van der Waals surface area contributed by atoms with E-state index in [1.165, 1.54) is 0 Å². The lowest BCUT2D eigenvalue weighted by Crippen LogP contribution is -2.00. The smallest absolute Gasteiger partial charge is 0.164 e. The van der Waals surface area contributed by atoms with Crippen LogP contribution in [0.4, 0.5) is 0 Å². The standard InChI is InChI=1S/C16H15N3/c1-2-19-15(13-9-5-3-6-10-13)17-18-16(19)14-11-7-4-8-12-14/h3-12H,2H2,1H3. The number of aromatic nitrogens is 3. The lowest BCUT2D eigenvalue weighted by atomic mass is 10.2. The van der Waals surface area contributed by atoms with Crippen LogP contribution in [0.25, 0.3) is 22.8 Å². The van der Waals surface area contributed by atoms with Crippen molar-refractivity contribution in [3.63, 3.8) is 0 Å². The molecule has 3 heteroatoms. The maximum atomic E-state index is 4.35. The van der Waals surface area contributed by atoms with Crippen molar-refractivity contribution in [2.75, 3.05) is 0 Å². The highest BCUT2D eigenvalue weighted by Gasteiger charge is 2.13. The number of hydrogen-bond donors (Lipinski definition) is 0. The van der Waals surface area contributed by atoms with Crippen molar-refractivity contribution in [1.29, 1.82) is 0 Å². The largest absolute Gasteiger partial charge is 0.307 e. The Labute approximate surface area is 112 Å². The highest BCUT2D eigenvalue weighted by molar-refractivity contribution is 5.62. The van der Waals surface area contributed by atoms with E-state index in [0.29, 0.717) is 0 Å². The van der Waals surface area contributed by atoms with Gasteiger partial charge in [-0.3, -0.25) is 0 Å². The molecule has 2 aromatic carbocycles. The predicted octanol–water partition coefficient (Wildman–Crippen LogP) is 3.63. The molecular formula is C16H15N3. The molecule has 19 heavy (non-hydrogen) atoms. The van der Waals surface area contributed by atoms with Gasteiger partial charge in [0.05, 0.1) is 0 Å². The molecule has 1 aromatic heterocycles. The summed E-state index contributed by atoms with van der Waals surface area (Å²) in [6.07, 6.45) is 0. The van der Waals surface area contributed by atoms with E-state index in [4.69, 9.17) is 0 Å². The molecule has 0 N–H and O–H groups in total. The molecular weight excluding hydrogens is 234 g/mol. The Hall–Kier alpha value is -2.42. The van der Waals surface area contributed by atoms with Gasteiger partial charge in [0.25, 0.3) is 0 Å². The van der Waals surface area contributed by atoms with E-state index < -0.39 is 0 Å². The maximum Gasteiger partial charge on any atom is 0.164 e. The summed E-state index contributed by atoms with van der Waals surface area (Å²) in [5.41, 5.74) is 2.19. The second kappa shape index (κ2) is 5.06. The topological polar surface area (TPSA) is 30.7 Å². The van der Waals surface area contributed by atoms with Gasteiger partial charge in [0.15, 0.2) is 11.6 Å². The highest BCUT2D eigenvalue weighted by atomic mass is 15.3. The summed E-state index contributed by atoms with van der Waals surface area (Å²) in [5.74, 6) is 1.84. The highest BCUT2D eigenvalue weighted by Crippen LogP contribution is 2.23. The van der Waals surface area contributed by atoms with Crippen molar-refractivity contribution < 1.29 is 0 Å². The van der Waals surface area contributed by atoms with Crippen LogP contribution in [0, 0.1) is 0 Å². The van der Waals surface area contributed by atoms with Gasteiger partial charge in [-0.05, 0) is 6.92 Å². The van der Waals surface area contributed by atoms with Gasteiger partial charge in [0.2, 0.25) is 0 Å². The minimum absolute atomic E-state index is 0.849. The molecule has 0 aliphatic rings. The van der Waals surface area contributed by atoms with Gasteiger partial charge in [-0.2, -0.15) is 0 Å². The van der Waals surface area contributed by atoms with Gasteiger partial charge in [-0.15, -0.1) is 10.2 Å².